The number of ether oxygens (including phenoxy) is 1. The highest BCUT2D eigenvalue weighted by Crippen LogP contribution is 2.16. The first-order chi connectivity index (χ1) is 14.1. The van der Waals surface area contributed by atoms with Crippen LogP contribution in [0.25, 0.3) is 0 Å². The molecule has 1 unspecified atom stereocenters. The van der Waals surface area contributed by atoms with E-state index in [-0.39, 0.29) is 18.0 Å². The predicted octanol–water partition coefficient (Wildman–Crippen LogP) is 1.80. The van der Waals surface area contributed by atoms with Crippen LogP contribution in [0.15, 0.2) is 47.4 Å². The van der Waals surface area contributed by atoms with E-state index >= 15 is 0 Å². The molecular formula is C22H27N3O4. The van der Waals surface area contributed by atoms with Crippen molar-refractivity contribution in [2.75, 3.05) is 26.8 Å². The van der Waals surface area contributed by atoms with Gasteiger partial charge in [-0.1, -0.05) is 30.3 Å². The Kier molecular flexibility index (Phi) is 7.19. The van der Waals surface area contributed by atoms with Crippen LogP contribution in [-0.2, 0) is 11.3 Å². The minimum Gasteiger partial charge on any atom is -0.381 e. The molecule has 7 nitrogen and oxygen atoms in total. The van der Waals surface area contributed by atoms with Gasteiger partial charge in [0.2, 0.25) is 0 Å². The lowest BCUT2D eigenvalue weighted by molar-refractivity contribution is 0.0514. The molecule has 2 aromatic rings. The van der Waals surface area contributed by atoms with E-state index in [0.717, 1.165) is 38.0 Å². The molecule has 1 aliphatic heterocycles. The Balaban J connectivity index is 1.77. The lowest BCUT2D eigenvalue weighted by Gasteiger charge is -2.22. The van der Waals surface area contributed by atoms with Gasteiger partial charge in [0.15, 0.2) is 0 Å². The van der Waals surface area contributed by atoms with Gasteiger partial charge < -0.3 is 19.9 Å². The third-order valence-electron chi connectivity index (χ3n) is 5.11. The maximum atomic E-state index is 12.7. The summed E-state index contributed by atoms with van der Waals surface area (Å²) in [6.07, 6.45) is 4.52. The number of carbonyl (C=O) groups excluding carboxylic acids is 2. The van der Waals surface area contributed by atoms with Crippen LogP contribution in [0.2, 0.25) is 0 Å². The summed E-state index contributed by atoms with van der Waals surface area (Å²) in [5.74, 6) is -0.350. The molecule has 3 rings (SSSR count). The molecule has 0 aliphatic carbocycles. The van der Waals surface area contributed by atoms with Crippen molar-refractivity contribution < 1.29 is 14.3 Å². The average Bonchev–Trinajstić information content (AvgIpc) is 2.76. The summed E-state index contributed by atoms with van der Waals surface area (Å²) in [6.45, 7) is 2.36. The van der Waals surface area contributed by atoms with Crippen LogP contribution in [-0.4, -0.2) is 43.2 Å². The molecule has 7 heteroatoms. The highest BCUT2D eigenvalue weighted by atomic mass is 16.5. The van der Waals surface area contributed by atoms with E-state index in [1.54, 1.807) is 0 Å². The van der Waals surface area contributed by atoms with Gasteiger partial charge in [-0.25, -0.2) is 0 Å². The Morgan fingerprint density at radius 1 is 1.21 bits per heavy atom. The third kappa shape index (κ3) is 5.54. The fourth-order valence-corrected chi connectivity index (χ4v) is 3.48. The van der Waals surface area contributed by atoms with E-state index in [9.17, 15) is 14.4 Å². The van der Waals surface area contributed by atoms with Crippen molar-refractivity contribution in [1.82, 2.24) is 15.2 Å². The summed E-state index contributed by atoms with van der Waals surface area (Å²) >= 11 is 0. The van der Waals surface area contributed by atoms with E-state index < -0.39 is 11.5 Å². The monoisotopic (exact) mass is 397 g/mol. The van der Waals surface area contributed by atoms with Gasteiger partial charge in [0.05, 0.1) is 12.1 Å². The van der Waals surface area contributed by atoms with Crippen molar-refractivity contribution in [3.05, 3.63) is 69.6 Å². The van der Waals surface area contributed by atoms with Gasteiger partial charge in [-0.3, -0.25) is 14.4 Å². The number of benzene rings is 1. The topological polar surface area (TPSA) is 89.4 Å². The van der Waals surface area contributed by atoms with Gasteiger partial charge in [0.1, 0.15) is 5.56 Å². The first-order valence-electron chi connectivity index (χ1n) is 9.95. The average molecular weight is 397 g/mol. The smallest absolute Gasteiger partial charge is 0.263 e. The summed E-state index contributed by atoms with van der Waals surface area (Å²) in [4.78, 5) is 37.6. The molecular weight excluding hydrogens is 370 g/mol. The first-order valence-corrected chi connectivity index (χ1v) is 9.95. The summed E-state index contributed by atoms with van der Waals surface area (Å²) in [7, 11) is 1.46. The van der Waals surface area contributed by atoms with Crippen LogP contribution in [0.5, 0.6) is 0 Å². The maximum Gasteiger partial charge on any atom is 0.263 e. The van der Waals surface area contributed by atoms with Gasteiger partial charge in [0.25, 0.3) is 17.4 Å². The van der Waals surface area contributed by atoms with Crippen LogP contribution < -0.4 is 16.2 Å². The summed E-state index contributed by atoms with van der Waals surface area (Å²) in [5.41, 5.74) is 0.729. The lowest BCUT2D eigenvalue weighted by Crippen LogP contribution is -2.34. The molecule has 1 aromatic carbocycles. The minimum absolute atomic E-state index is 0.0447. The molecule has 154 valence electrons. The fourth-order valence-electron chi connectivity index (χ4n) is 3.48. The Morgan fingerprint density at radius 2 is 2.00 bits per heavy atom. The molecule has 2 N–H and O–H groups in total. The van der Waals surface area contributed by atoms with Gasteiger partial charge >= 0.3 is 0 Å². The number of hydrogen-bond donors (Lipinski definition) is 2. The molecule has 1 aliphatic rings. The molecule has 1 saturated heterocycles. The zero-order valence-corrected chi connectivity index (χ0v) is 16.6. The highest BCUT2D eigenvalue weighted by molar-refractivity contribution is 5.99. The van der Waals surface area contributed by atoms with Crippen molar-refractivity contribution in [3.8, 4) is 0 Å². The van der Waals surface area contributed by atoms with E-state index in [1.165, 1.54) is 23.9 Å². The van der Waals surface area contributed by atoms with Crippen molar-refractivity contribution in [2.24, 2.45) is 5.92 Å². The molecule has 2 heterocycles. The predicted molar refractivity (Wildman–Crippen MR) is 110 cm³/mol. The Morgan fingerprint density at radius 3 is 2.69 bits per heavy atom. The number of carbonyl (C=O) groups is 2. The molecule has 0 bridgehead atoms. The highest BCUT2D eigenvalue weighted by Gasteiger charge is 2.18. The zero-order chi connectivity index (χ0) is 20.6. The van der Waals surface area contributed by atoms with E-state index in [0.29, 0.717) is 18.0 Å². The summed E-state index contributed by atoms with van der Waals surface area (Å²) in [6, 6.07) is 10.8. The number of pyridine rings is 1. The van der Waals surface area contributed by atoms with Gasteiger partial charge in [-0.15, -0.1) is 0 Å². The molecule has 2 amide bonds. The van der Waals surface area contributed by atoms with E-state index in [4.69, 9.17) is 4.74 Å². The number of nitrogens with one attached hydrogen (secondary N) is 2. The van der Waals surface area contributed by atoms with Crippen LogP contribution in [0.4, 0.5) is 0 Å². The van der Waals surface area contributed by atoms with Crippen molar-refractivity contribution >= 4 is 11.8 Å². The van der Waals surface area contributed by atoms with Gasteiger partial charge in [-0.05, 0) is 36.8 Å². The maximum absolute atomic E-state index is 12.7. The first kappa shape index (κ1) is 20.8. The second kappa shape index (κ2) is 10.0. The molecule has 0 radical (unpaired) electrons. The third-order valence-corrected chi connectivity index (χ3v) is 5.11. The second-order valence-corrected chi connectivity index (χ2v) is 7.27. The molecule has 1 fully saturated rings. The number of aromatic nitrogens is 1. The zero-order valence-electron chi connectivity index (χ0n) is 16.6. The SMILES string of the molecule is CNC(=O)c1cc(C(=O)NCCC2CCCOC2)cn(Cc2ccccc2)c1=O. The number of amides is 2. The Bertz CT molecular complexity index is 902. The molecule has 1 aromatic heterocycles. The van der Waals surface area contributed by atoms with Crippen LogP contribution in [0.1, 0.15) is 45.5 Å². The number of rotatable bonds is 7. The van der Waals surface area contributed by atoms with Gasteiger partial charge in [-0.2, -0.15) is 0 Å². The van der Waals surface area contributed by atoms with E-state index in [1.807, 2.05) is 30.3 Å². The van der Waals surface area contributed by atoms with E-state index in [2.05, 4.69) is 10.6 Å². The fraction of sp³-hybridized carbons (Fsp3) is 0.409. The second-order valence-electron chi connectivity index (χ2n) is 7.27. The molecule has 1 atom stereocenters. The quantitative estimate of drug-likeness (QED) is 0.746. The van der Waals surface area contributed by atoms with Crippen molar-refractivity contribution in [2.45, 2.75) is 25.8 Å². The Hall–Kier alpha value is -2.93. The standard InChI is InChI=1S/C22H27N3O4/c1-23-21(27)19-12-18(20(26)24-10-9-17-8-5-11-29-15-17)14-25(22(19)28)13-16-6-3-2-4-7-16/h2-4,6-7,12,14,17H,5,8-11,13,15H2,1H3,(H,23,27)(H,24,26). The van der Waals surface area contributed by atoms with Crippen LogP contribution in [0, 0.1) is 5.92 Å². The van der Waals surface area contributed by atoms with Crippen LogP contribution >= 0.6 is 0 Å². The Labute approximate surface area is 170 Å². The molecule has 29 heavy (non-hydrogen) atoms. The molecule has 0 spiro atoms. The van der Waals surface area contributed by atoms with Crippen molar-refractivity contribution in [3.63, 3.8) is 0 Å². The van der Waals surface area contributed by atoms with Gasteiger partial charge in [0, 0.05) is 33.0 Å². The summed E-state index contributed by atoms with van der Waals surface area (Å²) < 4.78 is 6.88. The largest absolute Gasteiger partial charge is 0.381 e. The molecule has 0 saturated carbocycles. The lowest BCUT2D eigenvalue weighted by atomic mass is 9.99. The van der Waals surface area contributed by atoms with Crippen molar-refractivity contribution in [1.29, 1.82) is 0 Å². The number of nitrogens with zero attached hydrogens (tertiary/aromatic N) is 1. The normalized spacial score (nSPS) is 16.2. The summed E-state index contributed by atoms with van der Waals surface area (Å²) in [5, 5.41) is 5.37. The number of hydrogen-bond acceptors (Lipinski definition) is 4. The van der Waals surface area contributed by atoms with Crippen LogP contribution in [0.3, 0.4) is 0 Å². The minimum atomic E-state index is -0.509.